The number of carbonyl (C=O) groups is 3. The number of hydrogen-bond donors (Lipinski definition) is 1. The van der Waals surface area contributed by atoms with Crippen molar-refractivity contribution in [2.45, 2.75) is 27.2 Å². The fourth-order valence-electron chi connectivity index (χ4n) is 2.99. The highest BCUT2D eigenvalue weighted by molar-refractivity contribution is 6.04. The molecule has 1 saturated heterocycles. The number of rotatable bonds is 6. The van der Waals surface area contributed by atoms with Crippen molar-refractivity contribution in [2.75, 3.05) is 39.3 Å². The molecule has 1 fully saturated rings. The van der Waals surface area contributed by atoms with Crippen molar-refractivity contribution in [1.29, 1.82) is 0 Å². The standard InChI is InChI=1S/C20H28FN3O4/c1-4-28-19(27)24-13-11-23(12-14-24)18(26)20(2,3)17(25)22-10-9-15-5-7-16(21)8-6-15/h5-8H,4,9-14H2,1-3H3,(H,22,25). The minimum atomic E-state index is -1.21. The molecule has 2 rings (SSSR count). The maximum atomic E-state index is 12.9. The zero-order valence-corrected chi connectivity index (χ0v) is 16.7. The van der Waals surface area contributed by atoms with Gasteiger partial charge in [-0.05, 0) is 44.9 Å². The quantitative estimate of drug-likeness (QED) is 0.748. The highest BCUT2D eigenvalue weighted by Crippen LogP contribution is 2.21. The minimum Gasteiger partial charge on any atom is -0.450 e. The zero-order valence-electron chi connectivity index (χ0n) is 16.7. The first-order chi connectivity index (χ1) is 13.3. The number of ether oxygens (including phenoxy) is 1. The molecule has 1 aliphatic rings. The van der Waals surface area contributed by atoms with Gasteiger partial charge in [-0.15, -0.1) is 0 Å². The Balaban J connectivity index is 1.83. The Bertz CT molecular complexity index is 698. The van der Waals surface area contributed by atoms with E-state index in [9.17, 15) is 18.8 Å². The van der Waals surface area contributed by atoms with Gasteiger partial charge in [0.15, 0.2) is 0 Å². The number of hydrogen-bond acceptors (Lipinski definition) is 4. The summed E-state index contributed by atoms with van der Waals surface area (Å²) in [6.45, 7) is 7.10. The van der Waals surface area contributed by atoms with Crippen molar-refractivity contribution in [3.05, 3.63) is 35.6 Å². The first kappa shape index (κ1) is 21.7. The first-order valence-corrected chi connectivity index (χ1v) is 9.49. The van der Waals surface area contributed by atoms with Gasteiger partial charge in [0.1, 0.15) is 11.2 Å². The lowest BCUT2D eigenvalue weighted by Crippen LogP contribution is -2.56. The Morgan fingerprint density at radius 1 is 1.07 bits per heavy atom. The Kier molecular flexibility index (Phi) is 7.37. The molecular formula is C20H28FN3O4. The number of halogens is 1. The largest absolute Gasteiger partial charge is 0.450 e. The second-order valence-electron chi connectivity index (χ2n) is 7.24. The van der Waals surface area contributed by atoms with Crippen LogP contribution in [0.4, 0.5) is 9.18 Å². The molecule has 0 radical (unpaired) electrons. The van der Waals surface area contributed by atoms with Crippen LogP contribution >= 0.6 is 0 Å². The van der Waals surface area contributed by atoms with Gasteiger partial charge in [-0.2, -0.15) is 0 Å². The SMILES string of the molecule is CCOC(=O)N1CCN(C(=O)C(C)(C)C(=O)NCCc2ccc(F)cc2)CC1. The highest BCUT2D eigenvalue weighted by Gasteiger charge is 2.40. The molecule has 1 aromatic rings. The van der Waals surface area contributed by atoms with Crippen LogP contribution in [-0.4, -0.2) is 67.0 Å². The van der Waals surface area contributed by atoms with E-state index in [4.69, 9.17) is 4.74 Å². The summed E-state index contributed by atoms with van der Waals surface area (Å²) in [5, 5.41) is 2.79. The van der Waals surface area contributed by atoms with Gasteiger partial charge in [0, 0.05) is 32.7 Å². The van der Waals surface area contributed by atoms with E-state index >= 15 is 0 Å². The van der Waals surface area contributed by atoms with Crippen LogP contribution in [0.5, 0.6) is 0 Å². The first-order valence-electron chi connectivity index (χ1n) is 9.49. The molecule has 1 aromatic carbocycles. The van der Waals surface area contributed by atoms with Crippen molar-refractivity contribution < 1.29 is 23.5 Å². The predicted octanol–water partition coefficient (Wildman–Crippen LogP) is 1.81. The number of nitrogens with zero attached hydrogens (tertiary/aromatic N) is 2. The third-order valence-corrected chi connectivity index (χ3v) is 4.81. The highest BCUT2D eigenvalue weighted by atomic mass is 19.1. The monoisotopic (exact) mass is 393 g/mol. The number of piperazine rings is 1. The average molecular weight is 393 g/mol. The zero-order chi connectivity index (χ0) is 20.7. The van der Waals surface area contributed by atoms with Crippen LogP contribution in [0.15, 0.2) is 24.3 Å². The lowest BCUT2D eigenvalue weighted by molar-refractivity contribution is -0.149. The molecular weight excluding hydrogens is 365 g/mol. The molecule has 154 valence electrons. The normalized spacial score (nSPS) is 14.6. The smallest absolute Gasteiger partial charge is 0.409 e. The molecule has 0 atom stereocenters. The van der Waals surface area contributed by atoms with Crippen LogP contribution in [-0.2, 0) is 20.7 Å². The Hall–Kier alpha value is -2.64. The molecule has 0 saturated carbocycles. The van der Waals surface area contributed by atoms with Gasteiger partial charge in [0.2, 0.25) is 11.8 Å². The van der Waals surface area contributed by atoms with Crippen molar-refractivity contribution in [2.24, 2.45) is 5.41 Å². The summed E-state index contributed by atoms with van der Waals surface area (Å²) in [6, 6.07) is 6.09. The summed E-state index contributed by atoms with van der Waals surface area (Å²) in [7, 11) is 0. The number of amides is 3. The summed E-state index contributed by atoms with van der Waals surface area (Å²) < 4.78 is 17.9. The molecule has 0 spiro atoms. The van der Waals surface area contributed by atoms with Crippen LogP contribution in [0.2, 0.25) is 0 Å². The molecule has 1 aliphatic heterocycles. The van der Waals surface area contributed by atoms with E-state index in [-0.39, 0.29) is 23.7 Å². The molecule has 0 unspecified atom stereocenters. The second-order valence-corrected chi connectivity index (χ2v) is 7.24. The summed E-state index contributed by atoms with van der Waals surface area (Å²) in [5.41, 5.74) is -0.310. The summed E-state index contributed by atoms with van der Waals surface area (Å²) >= 11 is 0. The number of nitrogens with one attached hydrogen (secondary N) is 1. The lowest BCUT2D eigenvalue weighted by atomic mass is 9.90. The Morgan fingerprint density at radius 2 is 1.64 bits per heavy atom. The van der Waals surface area contributed by atoms with Crippen molar-refractivity contribution >= 4 is 17.9 Å². The van der Waals surface area contributed by atoms with Crippen molar-refractivity contribution in [3.8, 4) is 0 Å². The van der Waals surface area contributed by atoms with E-state index in [0.717, 1.165) is 5.56 Å². The molecule has 1 N–H and O–H groups in total. The average Bonchev–Trinajstić information content (AvgIpc) is 2.69. The van der Waals surface area contributed by atoms with Gasteiger partial charge >= 0.3 is 6.09 Å². The van der Waals surface area contributed by atoms with Crippen LogP contribution in [0, 0.1) is 11.2 Å². The topological polar surface area (TPSA) is 79.0 Å². The van der Waals surface area contributed by atoms with Crippen LogP contribution in [0.1, 0.15) is 26.3 Å². The minimum absolute atomic E-state index is 0.268. The number of carbonyl (C=O) groups excluding carboxylic acids is 3. The fourth-order valence-corrected chi connectivity index (χ4v) is 2.99. The molecule has 8 heteroatoms. The van der Waals surface area contributed by atoms with Gasteiger partial charge < -0.3 is 19.9 Å². The third-order valence-electron chi connectivity index (χ3n) is 4.81. The molecule has 0 bridgehead atoms. The lowest BCUT2D eigenvalue weighted by Gasteiger charge is -2.37. The summed E-state index contributed by atoms with van der Waals surface area (Å²) in [5.74, 6) is -0.926. The van der Waals surface area contributed by atoms with Crippen molar-refractivity contribution in [1.82, 2.24) is 15.1 Å². The summed E-state index contributed by atoms with van der Waals surface area (Å²) in [4.78, 5) is 40.3. The molecule has 7 nitrogen and oxygen atoms in total. The maximum absolute atomic E-state index is 12.9. The van der Waals surface area contributed by atoms with Gasteiger partial charge in [0.05, 0.1) is 6.61 Å². The fraction of sp³-hybridized carbons (Fsp3) is 0.550. The van der Waals surface area contributed by atoms with Gasteiger partial charge in [-0.1, -0.05) is 12.1 Å². The van der Waals surface area contributed by atoms with E-state index in [0.29, 0.717) is 45.8 Å². The van der Waals surface area contributed by atoms with E-state index in [2.05, 4.69) is 5.32 Å². The third kappa shape index (κ3) is 5.43. The molecule has 28 heavy (non-hydrogen) atoms. The molecule has 1 heterocycles. The van der Waals surface area contributed by atoms with Gasteiger partial charge in [0.25, 0.3) is 0 Å². The number of benzene rings is 1. The Labute approximate surface area is 164 Å². The van der Waals surface area contributed by atoms with E-state index < -0.39 is 5.41 Å². The van der Waals surface area contributed by atoms with Crippen molar-refractivity contribution in [3.63, 3.8) is 0 Å². The van der Waals surface area contributed by atoms with Crippen LogP contribution < -0.4 is 5.32 Å². The molecule has 0 aromatic heterocycles. The Morgan fingerprint density at radius 3 is 2.21 bits per heavy atom. The molecule has 0 aliphatic carbocycles. The van der Waals surface area contributed by atoms with E-state index in [1.165, 1.54) is 12.1 Å². The van der Waals surface area contributed by atoms with Crippen LogP contribution in [0.3, 0.4) is 0 Å². The van der Waals surface area contributed by atoms with Gasteiger partial charge in [-0.3, -0.25) is 9.59 Å². The van der Waals surface area contributed by atoms with Gasteiger partial charge in [-0.25, -0.2) is 9.18 Å². The van der Waals surface area contributed by atoms with E-state index in [1.807, 2.05) is 0 Å². The second kappa shape index (κ2) is 9.52. The summed E-state index contributed by atoms with van der Waals surface area (Å²) in [6.07, 6.45) is 0.168. The van der Waals surface area contributed by atoms with E-state index in [1.54, 1.807) is 42.7 Å². The predicted molar refractivity (Wildman–Crippen MR) is 102 cm³/mol. The van der Waals surface area contributed by atoms with Crippen LogP contribution in [0.25, 0.3) is 0 Å². The molecule has 3 amide bonds. The maximum Gasteiger partial charge on any atom is 0.409 e.